The molecule has 162 valence electrons. The maximum absolute atomic E-state index is 13.6. The van der Waals surface area contributed by atoms with Crippen LogP contribution in [0.15, 0.2) is 59.4 Å². The molecule has 2 saturated carbocycles. The normalized spacial score (nSPS) is 15.4. The number of rotatable bonds is 6. The number of anilines is 1. The number of ketones is 1. The Morgan fingerprint density at radius 2 is 1.44 bits per heavy atom. The summed E-state index contributed by atoms with van der Waals surface area (Å²) >= 11 is 0. The van der Waals surface area contributed by atoms with Gasteiger partial charge in [-0.05, 0) is 69.9 Å². The highest BCUT2D eigenvalue weighted by Crippen LogP contribution is 2.43. The van der Waals surface area contributed by atoms with Crippen LogP contribution in [0.2, 0.25) is 0 Å². The van der Waals surface area contributed by atoms with Crippen LogP contribution < -0.4 is 10.9 Å². The summed E-state index contributed by atoms with van der Waals surface area (Å²) in [4.78, 5) is 40.0. The summed E-state index contributed by atoms with van der Waals surface area (Å²) in [7, 11) is 0. The van der Waals surface area contributed by atoms with E-state index >= 15 is 0 Å². The Hall–Kier alpha value is -3.47. The molecule has 2 fully saturated rings. The van der Waals surface area contributed by atoms with Crippen LogP contribution in [0.3, 0.4) is 0 Å². The maximum atomic E-state index is 13.6. The molecule has 1 amide bonds. The summed E-state index contributed by atoms with van der Waals surface area (Å²) in [6, 6.07) is 16.8. The molecule has 0 unspecified atom stereocenters. The number of carbonyl (C=O) groups is 2. The first-order chi connectivity index (χ1) is 15.4. The molecular formula is C27H26N2O3. The van der Waals surface area contributed by atoms with Crippen LogP contribution in [-0.2, 0) is 0 Å². The van der Waals surface area contributed by atoms with Gasteiger partial charge in [-0.2, -0.15) is 0 Å². The Morgan fingerprint density at radius 1 is 0.844 bits per heavy atom. The molecule has 5 nitrogen and oxygen atoms in total. The van der Waals surface area contributed by atoms with Crippen LogP contribution in [0, 0.1) is 19.8 Å². The molecule has 1 N–H and O–H groups in total. The van der Waals surface area contributed by atoms with Gasteiger partial charge in [0.2, 0.25) is 0 Å². The number of amides is 1. The van der Waals surface area contributed by atoms with E-state index in [9.17, 15) is 14.4 Å². The number of aryl methyl sites for hydroxylation is 2. The van der Waals surface area contributed by atoms with E-state index in [1.807, 2.05) is 62.4 Å². The van der Waals surface area contributed by atoms with Crippen LogP contribution in [0.4, 0.5) is 5.69 Å². The average molecular weight is 427 g/mol. The van der Waals surface area contributed by atoms with Crippen molar-refractivity contribution >= 4 is 17.4 Å². The van der Waals surface area contributed by atoms with E-state index in [-0.39, 0.29) is 34.6 Å². The van der Waals surface area contributed by atoms with E-state index in [0.29, 0.717) is 22.6 Å². The number of benzene rings is 2. The van der Waals surface area contributed by atoms with Gasteiger partial charge >= 0.3 is 0 Å². The summed E-state index contributed by atoms with van der Waals surface area (Å²) in [5.74, 6) is -0.411. The number of pyridine rings is 1. The van der Waals surface area contributed by atoms with Crippen molar-refractivity contribution in [1.82, 2.24) is 4.57 Å². The van der Waals surface area contributed by atoms with E-state index in [1.165, 1.54) is 0 Å². The average Bonchev–Trinajstić information content (AvgIpc) is 3.69. The minimum Gasteiger partial charge on any atom is -0.322 e. The van der Waals surface area contributed by atoms with Crippen molar-refractivity contribution in [2.45, 2.75) is 45.4 Å². The third-order valence-corrected chi connectivity index (χ3v) is 6.26. The number of hydrogen-bond donors (Lipinski definition) is 1. The van der Waals surface area contributed by atoms with Gasteiger partial charge in [0.1, 0.15) is 0 Å². The largest absolute Gasteiger partial charge is 0.322 e. The van der Waals surface area contributed by atoms with E-state index in [1.54, 1.807) is 10.6 Å². The monoisotopic (exact) mass is 426 g/mol. The SMILES string of the molecule is Cc1ccc(NC(=O)c2cc(C(=O)C3CC3)c(=O)n(-c3ccc(C)cc3)c2C2CC2)cc1. The standard InChI is InChI=1S/C27H26N2O3/c1-16-3-11-20(12-4-16)28-26(31)22-15-23(25(30)19-9-10-19)27(32)29(24(22)18-7-8-18)21-13-5-17(2)6-14-21/h3-6,11-15,18-19H,7-10H2,1-2H3,(H,28,31). The lowest BCUT2D eigenvalue weighted by molar-refractivity contribution is 0.0966. The molecule has 1 heterocycles. The summed E-state index contributed by atoms with van der Waals surface area (Å²) in [5, 5.41) is 2.96. The van der Waals surface area contributed by atoms with Crippen molar-refractivity contribution in [3.8, 4) is 5.69 Å². The summed E-state index contributed by atoms with van der Waals surface area (Å²) in [6.45, 7) is 3.98. The molecular weight excluding hydrogens is 400 g/mol. The summed E-state index contributed by atoms with van der Waals surface area (Å²) in [6.07, 6.45) is 3.45. The second kappa shape index (κ2) is 7.90. The van der Waals surface area contributed by atoms with E-state index in [4.69, 9.17) is 0 Å². The molecule has 0 spiro atoms. The lowest BCUT2D eigenvalue weighted by Gasteiger charge is -2.19. The van der Waals surface area contributed by atoms with E-state index in [2.05, 4.69) is 5.32 Å². The van der Waals surface area contributed by atoms with Crippen LogP contribution >= 0.6 is 0 Å². The zero-order valence-electron chi connectivity index (χ0n) is 18.4. The van der Waals surface area contributed by atoms with Crippen LogP contribution in [0.25, 0.3) is 5.69 Å². The molecule has 2 aromatic carbocycles. The molecule has 5 heteroatoms. The molecule has 5 rings (SSSR count). The van der Waals surface area contributed by atoms with Crippen molar-refractivity contribution < 1.29 is 9.59 Å². The van der Waals surface area contributed by atoms with Crippen molar-refractivity contribution in [2.24, 2.45) is 5.92 Å². The molecule has 2 aliphatic carbocycles. The molecule has 2 aliphatic rings. The third-order valence-electron chi connectivity index (χ3n) is 6.26. The highest BCUT2D eigenvalue weighted by Gasteiger charge is 2.37. The first kappa shape index (κ1) is 20.4. The first-order valence-corrected chi connectivity index (χ1v) is 11.2. The van der Waals surface area contributed by atoms with E-state index in [0.717, 1.165) is 36.8 Å². The van der Waals surface area contributed by atoms with Crippen molar-refractivity contribution in [2.75, 3.05) is 5.32 Å². The van der Waals surface area contributed by atoms with E-state index < -0.39 is 0 Å². The Balaban J connectivity index is 1.68. The highest BCUT2D eigenvalue weighted by atomic mass is 16.2. The molecule has 0 radical (unpaired) electrons. The van der Waals surface area contributed by atoms with Crippen LogP contribution in [0.1, 0.15) is 69.1 Å². The first-order valence-electron chi connectivity index (χ1n) is 11.2. The number of Topliss-reactive ketones (excluding diaryl/α,β-unsaturated/α-hetero) is 1. The summed E-state index contributed by atoms with van der Waals surface area (Å²) in [5.41, 5.74) is 4.48. The Labute approximate surface area is 187 Å². The van der Waals surface area contributed by atoms with Gasteiger partial charge in [-0.3, -0.25) is 19.0 Å². The van der Waals surface area contributed by atoms with Gasteiger partial charge in [-0.1, -0.05) is 35.4 Å². The quantitative estimate of drug-likeness (QED) is 0.553. The van der Waals surface area contributed by atoms with Gasteiger partial charge in [0, 0.05) is 28.9 Å². The molecule has 0 bridgehead atoms. The Morgan fingerprint density at radius 3 is 2.00 bits per heavy atom. The van der Waals surface area contributed by atoms with Crippen molar-refractivity contribution in [1.29, 1.82) is 0 Å². The topological polar surface area (TPSA) is 68.2 Å². The Bertz CT molecular complexity index is 1260. The molecule has 0 atom stereocenters. The minimum atomic E-state index is -0.320. The molecule has 0 aliphatic heterocycles. The molecule has 0 saturated heterocycles. The fourth-order valence-corrected chi connectivity index (χ4v) is 4.10. The zero-order valence-corrected chi connectivity index (χ0v) is 18.4. The van der Waals surface area contributed by atoms with Crippen LogP contribution in [-0.4, -0.2) is 16.3 Å². The minimum absolute atomic E-state index is 0.103. The number of nitrogens with one attached hydrogen (secondary N) is 1. The van der Waals surface area contributed by atoms with Crippen molar-refractivity contribution in [3.05, 3.63) is 92.9 Å². The lowest BCUT2D eigenvalue weighted by Crippen LogP contribution is -2.31. The summed E-state index contributed by atoms with van der Waals surface area (Å²) < 4.78 is 1.61. The maximum Gasteiger partial charge on any atom is 0.266 e. The van der Waals surface area contributed by atoms with Gasteiger partial charge in [-0.25, -0.2) is 0 Å². The molecule has 32 heavy (non-hydrogen) atoms. The molecule has 3 aromatic rings. The fraction of sp³-hybridized carbons (Fsp3) is 0.296. The number of carbonyl (C=O) groups excluding carboxylic acids is 2. The predicted octanol–water partition coefficient (Wildman–Crippen LogP) is 5.18. The van der Waals surface area contributed by atoms with Crippen molar-refractivity contribution in [3.63, 3.8) is 0 Å². The van der Waals surface area contributed by atoms with Gasteiger partial charge in [0.25, 0.3) is 11.5 Å². The predicted molar refractivity (Wildman–Crippen MR) is 125 cm³/mol. The third kappa shape index (κ3) is 3.91. The molecule has 1 aromatic heterocycles. The van der Waals surface area contributed by atoms with Gasteiger partial charge < -0.3 is 5.32 Å². The smallest absolute Gasteiger partial charge is 0.266 e. The highest BCUT2D eigenvalue weighted by molar-refractivity contribution is 6.08. The number of hydrogen-bond acceptors (Lipinski definition) is 3. The second-order valence-electron chi connectivity index (χ2n) is 9.07. The van der Waals surface area contributed by atoms with Gasteiger partial charge in [0.15, 0.2) is 5.78 Å². The fourth-order valence-electron chi connectivity index (χ4n) is 4.10. The Kier molecular flexibility index (Phi) is 5.04. The van der Waals surface area contributed by atoms with Gasteiger partial charge in [0.05, 0.1) is 11.1 Å². The number of nitrogens with zero attached hydrogens (tertiary/aromatic N) is 1. The zero-order chi connectivity index (χ0) is 22.4. The number of aromatic nitrogens is 1. The van der Waals surface area contributed by atoms with Crippen LogP contribution in [0.5, 0.6) is 0 Å². The van der Waals surface area contributed by atoms with Gasteiger partial charge in [-0.15, -0.1) is 0 Å². The second-order valence-corrected chi connectivity index (χ2v) is 9.07. The lowest BCUT2D eigenvalue weighted by atomic mass is 10.0.